The maximum absolute atomic E-state index is 9.62. The van der Waals surface area contributed by atoms with Crippen molar-refractivity contribution >= 4 is 21.8 Å². The number of rotatable bonds is 7. The summed E-state index contributed by atoms with van der Waals surface area (Å²) in [6.45, 7) is 12.6. The van der Waals surface area contributed by atoms with Crippen LogP contribution in [0.5, 0.6) is 11.5 Å². The number of ether oxygens (including phenoxy) is 1. The van der Waals surface area contributed by atoms with Gasteiger partial charge in [-0.25, -0.2) is 4.98 Å². The minimum atomic E-state index is 0. The second kappa shape index (κ2) is 13.2. The van der Waals surface area contributed by atoms with Gasteiger partial charge in [-0.1, -0.05) is 49.2 Å². The van der Waals surface area contributed by atoms with E-state index >= 15 is 0 Å². The summed E-state index contributed by atoms with van der Waals surface area (Å²) in [4.78, 5) is 9.62. The van der Waals surface area contributed by atoms with Crippen molar-refractivity contribution in [2.45, 2.75) is 48.0 Å². The van der Waals surface area contributed by atoms with Gasteiger partial charge in [-0.3, -0.25) is 9.67 Å². The van der Waals surface area contributed by atoms with E-state index in [4.69, 9.17) is 19.8 Å². The number of hydrogen-bond acceptors (Lipinski definition) is 5. The summed E-state index contributed by atoms with van der Waals surface area (Å²) in [5.41, 5.74) is 8.81. The molecular weight excluding hydrogens is 776 g/mol. The minimum absolute atomic E-state index is 0. The summed E-state index contributed by atoms with van der Waals surface area (Å²) in [5, 5.41) is 16.3. The topological polar surface area (TPSA) is 81.5 Å². The zero-order chi connectivity index (χ0) is 32.8. The summed E-state index contributed by atoms with van der Waals surface area (Å²) in [7, 11) is 0. The number of nitrogens with zero attached hydrogens (tertiary/aromatic N) is 6. The van der Waals surface area contributed by atoms with Gasteiger partial charge >= 0.3 is 21.1 Å². The SMILES string of the molecule is Cc1cc(C)c(-n2nc(C)nc2-c2[c-]c(Oc3[c-]c4c(cc3)c3cc(C#N)ccc3n4-c3ccc(CC(C)C)cn3)ccc2)c(C)c1.[Pt+2]. The molecule has 0 atom stereocenters. The number of fused-ring (bicyclic) bond motifs is 3. The molecule has 4 aromatic carbocycles. The fourth-order valence-corrected chi connectivity index (χ4v) is 6.44. The van der Waals surface area contributed by atoms with Crippen molar-refractivity contribution in [2.24, 2.45) is 5.92 Å². The monoisotopic (exact) mass is 809 g/mol. The van der Waals surface area contributed by atoms with Crippen molar-refractivity contribution < 1.29 is 25.8 Å². The quantitative estimate of drug-likeness (QED) is 0.150. The van der Waals surface area contributed by atoms with E-state index in [1.165, 1.54) is 11.1 Å². The first-order chi connectivity index (χ1) is 22.7. The zero-order valence-corrected chi connectivity index (χ0v) is 30.0. The molecule has 8 heteroatoms. The Kier molecular flexibility index (Phi) is 9.05. The van der Waals surface area contributed by atoms with Crippen LogP contribution >= 0.6 is 0 Å². The number of nitriles is 1. The van der Waals surface area contributed by atoms with Gasteiger partial charge in [0.2, 0.25) is 0 Å². The Morgan fingerprint density at radius 3 is 2.35 bits per heavy atom. The maximum Gasteiger partial charge on any atom is 2.00 e. The zero-order valence-electron chi connectivity index (χ0n) is 27.7. The fraction of sp³-hybridized carbons (Fsp3) is 0.200. The van der Waals surface area contributed by atoms with Crippen LogP contribution in [0.2, 0.25) is 0 Å². The third-order valence-corrected chi connectivity index (χ3v) is 8.25. The van der Waals surface area contributed by atoms with Crippen LogP contribution in [-0.4, -0.2) is 24.3 Å². The van der Waals surface area contributed by atoms with E-state index in [0.29, 0.717) is 34.6 Å². The van der Waals surface area contributed by atoms with Gasteiger partial charge < -0.3 is 9.30 Å². The molecule has 0 aliphatic heterocycles. The van der Waals surface area contributed by atoms with Gasteiger partial charge in [0.1, 0.15) is 11.6 Å². The van der Waals surface area contributed by atoms with Crippen molar-refractivity contribution in [2.75, 3.05) is 0 Å². The number of pyridine rings is 1. The molecule has 0 saturated carbocycles. The smallest absolute Gasteiger partial charge is 0.503 e. The minimum Gasteiger partial charge on any atom is -0.503 e. The van der Waals surface area contributed by atoms with E-state index in [9.17, 15) is 5.26 Å². The predicted molar refractivity (Wildman–Crippen MR) is 185 cm³/mol. The Hall–Kier alpha value is -5.05. The van der Waals surface area contributed by atoms with Crippen LogP contribution in [0.3, 0.4) is 0 Å². The Morgan fingerprint density at radius 2 is 1.65 bits per heavy atom. The molecule has 0 aliphatic rings. The molecule has 48 heavy (non-hydrogen) atoms. The van der Waals surface area contributed by atoms with Crippen LogP contribution in [0.1, 0.15) is 47.5 Å². The molecule has 0 bridgehead atoms. The Morgan fingerprint density at radius 1 is 0.875 bits per heavy atom. The van der Waals surface area contributed by atoms with Crippen LogP contribution in [0.4, 0.5) is 0 Å². The first-order valence-corrected chi connectivity index (χ1v) is 15.8. The number of aromatic nitrogens is 5. The summed E-state index contributed by atoms with van der Waals surface area (Å²) in [5.74, 6) is 3.77. The van der Waals surface area contributed by atoms with Crippen LogP contribution in [0, 0.1) is 57.1 Å². The van der Waals surface area contributed by atoms with Gasteiger partial charge in [-0.05, 0) is 86.4 Å². The number of benzene rings is 4. The van der Waals surface area contributed by atoms with Crippen molar-refractivity contribution in [3.63, 3.8) is 0 Å². The molecule has 3 heterocycles. The van der Waals surface area contributed by atoms with Gasteiger partial charge in [-0.15, -0.1) is 41.3 Å². The summed E-state index contributed by atoms with van der Waals surface area (Å²) < 4.78 is 10.4. The number of aryl methyl sites for hydroxylation is 4. The molecule has 0 N–H and O–H groups in total. The predicted octanol–water partition coefficient (Wildman–Crippen LogP) is 9.12. The molecule has 0 aliphatic carbocycles. The van der Waals surface area contributed by atoms with E-state index in [-0.39, 0.29) is 21.1 Å². The standard InChI is InChI=1S/C40H34N6O.Pt/c1-24(2)16-30-11-15-38(42-23-30)45-36-14-10-29(22-41)19-35(36)34-13-12-33(21-37(34)45)47-32-9-7-8-31(20-32)40-43-28(6)44-46(40)39-26(4)17-25(3)18-27(39)5;/h7-15,17-19,23-24H,16H2,1-6H3;/q-2;+2. The molecule has 0 fully saturated rings. The molecule has 240 valence electrons. The van der Waals surface area contributed by atoms with Gasteiger partial charge in [0.25, 0.3) is 0 Å². The summed E-state index contributed by atoms with van der Waals surface area (Å²) >= 11 is 0. The normalized spacial score (nSPS) is 11.2. The molecule has 0 amide bonds. The van der Waals surface area contributed by atoms with Gasteiger partial charge in [0.05, 0.1) is 23.1 Å². The molecule has 7 aromatic rings. The van der Waals surface area contributed by atoms with Crippen molar-refractivity contribution in [1.29, 1.82) is 5.26 Å². The average Bonchev–Trinajstić information content (AvgIpc) is 3.57. The Bertz CT molecular complexity index is 2320. The van der Waals surface area contributed by atoms with Crippen LogP contribution in [0.15, 0.2) is 79.0 Å². The third-order valence-electron chi connectivity index (χ3n) is 8.25. The first-order valence-electron chi connectivity index (χ1n) is 15.8. The largest absolute Gasteiger partial charge is 2.00 e. The van der Waals surface area contributed by atoms with Crippen molar-refractivity contribution in [1.82, 2.24) is 24.3 Å². The molecule has 0 radical (unpaired) electrons. The van der Waals surface area contributed by atoms with E-state index in [2.05, 4.69) is 75.6 Å². The van der Waals surface area contributed by atoms with Gasteiger partial charge in [0, 0.05) is 23.2 Å². The second-order valence-electron chi connectivity index (χ2n) is 12.6. The summed E-state index contributed by atoms with van der Waals surface area (Å²) in [6.07, 6.45) is 2.91. The molecular formula is C40H34N6OPt. The summed E-state index contributed by atoms with van der Waals surface area (Å²) in [6, 6.07) is 33.1. The van der Waals surface area contributed by atoms with Crippen LogP contribution in [-0.2, 0) is 27.5 Å². The van der Waals surface area contributed by atoms with E-state index in [1.807, 2.05) is 72.4 Å². The maximum atomic E-state index is 9.62. The average molecular weight is 810 g/mol. The molecule has 7 nitrogen and oxygen atoms in total. The van der Waals surface area contributed by atoms with Crippen molar-refractivity contribution in [3.05, 3.63) is 125 Å². The third kappa shape index (κ3) is 6.17. The molecule has 0 spiro atoms. The first kappa shape index (κ1) is 32.9. The Labute approximate surface area is 295 Å². The fourth-order valence-electron chi connectivity index (χ4n) is 6.44. The van der Waals surface area contributed by atoms with Crippen LogP contribution < -0.4 is 4.74 Å². The molecule has 0 saturated heterocycles. The van der Waals surface area contributed by atoms with Crippen LogP contribution in [0.25, 0.3) is 44.7 Å². The van der Waals surface area contributed by atoms with Gasteiger partial charge in [-0.2, -0.15) is 16.4 Å². The van der Waals surface area contributed by atoms with E-state index in [0.717, 1.165) is 56.4 Å². The Balaban J connectivity index is 0.00000401. The second-order valence-corrected chi connectivity index (χ2v) is 12.6. The van der Waals surface area contributed by atoms with E-state index < -0.39 is 0 Å². The molecule has 0 unspecified atom stereocenters. The van der Waals surface area contributed by atoms with Crippen molar-refractivity contribution in [3.8, 4) is 40.5 Å². The van der Waals surface area contributed by atoms with E-state index in [1.54, 1.807) is 0 Å². The molecule has 7 rings (SSSR count). The van der Waals surface area contributed by atoms with Gasteiger partial charge in [0.15, 0.2) is 0 Å². The number of hydrogen-bond donors (Lipinski definition) is 0. The molecule has 3 aromatic heterocycles.